The van der Waals surface area contributed by atoms with Crippen LogP contribution in [0, 0.1) is 0 Å². The van der Waals surface area contributed by atoms with Crippen LogP contribution in [0.3, 0.4) is 0 Å². The number of hydrogen-bond acceptors (Lipinski definition) is 3. The molecule has 1 aliphatic heterocycles. The topological polar surface area (TPSA) is 36.4 Å². The van der Waals surface area contributed by atoms with Crippen molar-refractivity contribution in [1.29, 1.82) is 0 Å². The molecule has 2 aliphatic rings. The fourth-order valence-corrected chi connectivity index (χ4v) is 4.57. The summed E-state index contributed by atoms with van der Waals surface area (Å²) in [5.74, 6) is 0.268. The molecule has 2 aromatic rings. The van der Waals surface area contributed by atoms with Gasteiger partial charge in [0, 0.05) is 18.8 Å². The molecule has 0 spiro atoms. The van der Waals surface area contributed by atoms with Crippen molar-refractivity contribution in [3.8, 4) is 0 Å². The monoisotopic (exact) mass is 363 g/mol. The molecule has 2 heterocycles. The van der Waals surface area contributed by atoms with E-state index >= 15 is 0 Å². The molecule has 1 atom stereocenters. The number of hydrogen-bond donors (Lipinski definition) is 0. The summed E-state index contributed by atoms with van der Waals surface area (Å²) in [7, 11) is 2.08. The van der Waals surface area contributed by atoms with E-state index in [9.17, 15) is 4.79 Å². The third-order valence-electron chi connectivity index (χ3n) is 6.13. The molecule has 0 saturated heterocycles. The summed E-state index contributed by atoms with van der Waals surface area (Å²) in [6, 6.07) is 14.8. The molecule has 0 radical (unpaired) electrons. The standard InChI is InChI=1S/C23H29N3O/c1-25-16-19-10-6-5-9-18(19)15-22(25)23(27)26(21-12-3-2-4-13-21)17-20-11-7-8-14-24-20/h5-11,14,21-22H,2-4,12-13,15-17H2,1H3. The van der Waals surface area contributed by atoms with Crippen molar-refractivity contribution >= 4 is 5.91 Å². The molecular formula is C23H29N3O. The number of likely N-dealkylation sites (N-methyl/N-ethyl adjacent to an activating group) is 1. The van der Waals surface area contributed by atoms with E-state index in [0.717, 1.165) is 31.5 Å². The van der Waals surface area contributed by atoms with Crippen LogP contribution >= 0.6 is 0 Å². The zero-order valence-corrected chi connectivity index (χ0v) is 16.2. The van der Waals surface area contributed by atoms with Gasteiger partial charge in [0.05, 0.1) is 18.3 Å². The smallest absolute Gasteiger partial charge is 0.240 e. The second-order valence-corrected chi connectivity index (χ2v) is 7.98. The fourth-order valence-electron chi connectivity index (χ4n) is 4.57. The summed E-state index contributed by atoms with van der Waals surface area (Å²) >= 11 is 0. The van der Waals surface area contributed by atoms with Crippen molar-refractivity contribution in [2.24, 2.45) is 0 Å². The second kappa shape index (κ2) is 8.22. The van der Waals surface area contributed by atoms with Crippen molar-refractivity contribution in [3.63, 3.8) is 0 Å². The van der Waals surface area contributed by atoms with Gasteiger partial charge in [0.1, 0.15) is 0 Å². The number of benzene rings is 1. The Morgan fingerprint density at radius 3 is 2.56 bits per heavy atom. The van der Waals surface area contributed by atoms with Gasteiger partial charge in [0.2, 0.25) is 5.91 Å². The molecule has 0 N–H and O–H groups in total. The number of aromatic nitrogens is 1. The molecule has 1 unspecified atom stereocenters. The number of amides is 1. The Morgan fingerprint density at radius 2 is 1.81 bits per heavy atom. The van der Waals surface area contributed by atoms with E-state index in [-0.39, 0.29) is 11.9 Å². The highest BCUT2D eigenvalue weighted by Gasteiger charge is 2.35. The Kier molecular flexibility index (Phi) is 5.53. The van der Waals surface area contributed by atoms with Gasteiger partial charge in [-0.05, 0) is 49.6 Å². The first-order valence-electron chi connectivity index (χ1n) is 10.2. The van der Waals surface area contributed by atoms with Crippen molar-refractivity contribution < 1.29 is 4.79 Å². The average Bonchev–Trinajstić information content (AvgIpc) is 2.72. The quantitative estimate of drug-likeness (QED) is 0.829. The highest BCUT2D eigenvalue weighted by atomic mass is 16.2. The van der Waals surface area contributed by atoms with Gasteiger partial charge in [-0.1, -0.05) is 49.6 Å². The summed E-state index contributed by atoms with van der Waals surface area (Å²) in [6.07, 6.45) is 8.59. The van der Waals surface area contributed by atoms with Crippen LogP contribution in [0.5, 0.6) is 0 Å². The van der Waals surface area contributed by atoms with Crippen LogP contribution in [0.4, 0.5) is 0 Å². The molecule has 1 aromatic carbocycles. The number of nitrogens with zero attached hydrogens (tertiary/aromatic N) is 3. The lowest BCUT2D eigenvalue weighted by atomic mass is 9.90. The lowest BCUT2D eigenvalue weighted by Gasteiger charge is -2.40. The molecule has 142 valence electrons. The normalized spacial score (nSPS) is 20.9. The van der Waals surface area contributed by atoms with Gasteiger partial charge in [-0.25, -0.2) is 0 Å². The van der Waals surface area contributed by atoms with E-state index < -0.39 is 0 Å². The van der Waals surface area contributed by atoms with Crippen LogP contribution in [0.1, 0.15) is 48.9 Å². The minimum absolute atomic E-state index is 0.0782. The van der Waals surface area contributed by atoms with E-state index in [1.54, 1.807) is 0 Å². The third kappa shape index (κ3) is 4.06. The molecule has 4 heteroatoms. The molecule has 4 rings (SSSR count). The average molecular weight is 364 g/mol. The summed E-state index contributed by atoms with van der Waals surface area (Å²) in [5.41, 5.74) is 3.64. The zero-order chi connectivity index (χ0) is 18.6. The maximum atomic E-state index is 13.7. The summed E-state index contributed by atoms with van der Waals surface area (Å²) in [5, 5.41) is 0. The number of carbonyl (C=O) groups is 1. The molecular weight excluding hydrogens is 334 g/mol. The van der Waals surface area contributed by atoms with Crippen molar-refractivity contribution in [3.05, 3.63) is 65.5 Å². The number of pyridine rings is 1. The van der Waals surface area contributed by atoms with Crippen molar-refractivity contribution in [2.45, 2.75) is 63.7 Å². The van der Waals surface area contributed by atoms with Crippen LogP contribution in [-0.2, 0) is 24.3 Å². The predicted molar refractivity (Wildman–Crippen MR) is 107 cm³/mol. The Hall–Kier alpha value is -2.20. The van der Waals surface area contributed by atoms with E-state index in [1.165, 1.54) is 30.4 Å². The van der Waals surface area contributed by atoms with Crippen LogP contribution in [0.15, 0.2) is 48.7 Å². The lowest BCUT2D eigenvalue weighted by Crippen LogP contribution is -2.53. The highest BCUT2D eigenvalue weighted by molar-refractivity contribution is 5.83. The van der Waals surface area contributed by atoms with Gasteiger partial charge < -0.3 is 4.90 Å². The van der Waals surface area contributed by atoms with Gasteiger partial charge in [0.25, 0.3) is 0 Å². The summed E-state index contributed by atoms with van der Waals surface area (Å²) in [6.45, 7) is 1.46. The van der Waals surface area contributed by atoms with Crippen LogP contribution in [0.2, 0.25) is 0 Å². The maximum Gasteiger partial charge on any atom is 0.240 e. The number of fused-ring (bicyclic) bond motifs is 1. The van der Waals surface area contributed by atoms with Crippen LogP contribution < -0.4 is 0 Å². The Bertz CT molecular complexity index is 770. The van der Waals surface area contributed by atoms with Gasteiger partial charge in [0.15, 0.2) is 0 Å². The SMILES string of the molecule is CN1Cc2ccccc2CC1C(=O)N(Cc1ccccn1)C1CCCCC1. The molecule has 1 fully saturated rings. The van der Waals surface area contributed by atoms with E-state index in [4.69, 9.17) is 0 Å². The molecule has 1 aromatic heterocycles. The Morgan fingerprint density at radius 1 is 1.07 bits per heavy atom. The van der Waals surface area contributed by atoms with Crippen molar-refractivity contribution in [1.82, 2.24) is 14.8 Å². The first kappa shape index (κ1) is 18.2. The van der Waals surface area contributed by atoms with Gasteiger partial charge in [-0.3, -0.25) is 14.7 Å². The minimum atomic E-state index is -0.0782. The largest absolute Gasteiger partial charge is 0.332 e. The van der Waals surface area contributed by atoms with Gasteiger partial charge in [-0.2, -0.15) is 0 Å². The molecule has 1 amide bonds. The van der Waals surface area contributed by atoms with E-state index in [0.29, 0.717) is 12.6 Å². The first-order valence-corrected chi connectivity index (χ1v) is 10.2. The molecule has 1 aliphatic carbocycles. The Labute approximate surface area is 162 Å². The van der Waals surface area contributed by atoms with E-state index in [1.807, 2.05) is 24.4 Å². The summed E-state index contributed by atoms with van der Waals surface area (Å²) < 4.78 is 0. The Balaban J connectivity index is 1.58. The third-order valence-corrected chi connectivity index (χ3v) is 6.13. The zero-order valence-electron chi connectivity index (χ0n) is 16.2. The van der Waals surface area contributed by atoms with Gasteiger partial charge >= 0.3 is 0 Å². The number of rotatable bonds is 4. The minimum Gasteiger partial charge on any atom is -0.332 e. The van der Waals surface area contributed by atoms with Crippen LogP contribution in [-0.4, -0.2) is 39.8 Å². The maximum absolute atomic E-state index is 13.7. The molecule has 0 bridgehead atoms. The predicted octanol–water partition coefficient (Wildman–Crippen LogP) is 3.80. The highest BCUT2D eigenvalue weighted by Crippen LogP contribution is 2.28. The molecule has 4 nitrogen and oxygen atoms in total. The van der Waals surface area contributed by atoms with Crippen molar-refractivity contribution in [2.75, 3.05) is 7.05 Å². The second-order valence-electron chi connectivity index (χ2n) is 7.98. The fraction of sp³-hybridized carbons (Fsp3) is 0.478. The molecule has 1 saturated carbocycles. The van der Waals surface area contributed by atoms with E-state index in [2.05, 4.69) is 46.1 Å². The molecule has 27 heavy (non-hydrogen) atoms. The summed E-state index contributed by atoms with van der Waals surface area (Å²) in [4.78, 5) is 22.5. The number of carbonyl (C=O) groups excluding carboxylic acids is 1. The van der Waals surface area contributed by atoms with Crippen LogP contribution in [0.25, 0.3) is 0 Å². The lowest BCUT2D eigenvalue weighted by molar-refractivity contribution is -0.141. The first-order chi connectivity index (χ1) is 13.2. The van der Waals surface area contributed by atoms with Gasteiger partial charge in [-0.15, -0.1) is 0 Å².